The van der Waals surface area contributed by atoms with Gasteiger partial charge >= 0.3 is 23.9 Å². The molecule has 34 heavy (non-hydrogen) atoms. The van der Waals surface area contributed by atoms with E-state index in [9.17, 15) is 19.2 Å². The van der Waals surface area contributed by atoms with E-state index >= 15 is 0 Å². The quantitative estimate of drug-likeness (QED) is 0.267. The van der Waals surface area contributed by atoms with E-state index in [1.165, 1.54) is 0 Å². The number of hydrogen-bond donors (Lipinski definition) is 0. The van der Waals surface area contributed by atoms with Gasteiger partial charge in [-0.05, 0) is 43.9 Å². The molecule has 0 fully saturated rings. The number of rotatable bonds is 8. The maximum absolute atomic E-state index is 13.3. The zero-order valence-electron chi connectivity index (χ0n) is 19.6. The van der Waals surface area contributed by atoms with Crippen molar-refractivity contribution in [3.05, 3.63) is 58.7 Å². The van der Waals surface area contributed by atoms with Gasteiger partial charge in [-0.25, -0.2) is 19.2 Å². The molecule has 8 heteroatoms. The number of esters is 4. The number of carbonyl (C=O) groups is 4. The van der Waals surface area contributed by atoms with Gasteiger partial charge in [0.1, 0.15) is 0 Å². The summed E-state index contributed by atoms with van der Waals surface area (Å²) in [6.45, 7) is 6.45. The summed E-state index contributed by atoms with van der Waals surface area (Å²) >= 11 is 0. The molecule has 3 rings (SSSR count). The van der Waals surface area contributed by atoms with Gasteiger partial charge in [0.05, 0.1) is 48.7 Å². The van der Waals surface area contributed by atoms with Crippen LogP contribution in [0.2, 0.25) is 0 Å². The molecule has 0 heterocycles. The molecule has 3 aromatic rings. The van der Waals surface area contributed by atoms with Crippen LogP contribution in [0.1, 0.15) is 69.1 Å². The third-order valence-corrected chi connectivity index (χ3v) is 5.12. The SMILES string of the molecule is CCOC(=O)c1c(C(=O)OCC)c(C(=O)OCC)c2c(ccc3ccccc32)c1C(=O)OCC. The van der Waals surface area contributed by atoms with E-state index in [4.69, 9.17) is 18.9 Å². The Morgan fingerprint density at radius 2 is 0.971 bits per heavy atom. The maximum Gasteiger partial charge on any atom is 0.339 e. The van der Waals surface area contributed by atoms with Gasteiger partial charge in [-0.3, -0.25) is 0 Å². The van der Waals surface area contributed by atoms with E-state index in [0.29, 0.717) is 5.39 Å². The van der Waals surface area contributed by atoms with Crippen LogP contribution >= 0.6 is 0 Å². The topological polar surface area (TPSA) is 105 Å². The molecule has 0 radical (unpaired) electrons. The number of fused-ring (bicyclic) bond motifs is 3. The second kappa shape index (κ2) is 10.8. The first-order valence-electron chi connectivity index (χ1n) is 11.1. The predicted octanol–water partition coefficient (Wildman–Crippen LogP) is 4.70. The van der Waals surface area contributed by atoms with E-state index in [0.717, 1.165) is 5.39 Å². The molecular weight excluding hydrogens is 440 g/mol. The molecule has 0 aliphatic rings. The van der Waals surface area contributed by atoms with Crippen molar-refractivity contribution in [2.24, 2.45) is 0 Å². The van der Waals surface area contributed by atoms with E-state index in [2.05, 4.69) is 0 Å². The van der Waals surface area contributed by atoms with Gasteiger partial charge in [-0.1, -0.05) is 36.4 Å². The monoisotopic (exact) mass is 466 g/mol. The smallest absolute Gasteiger partial charge is 0.339 e. The number of ether oxygens (including phenoxy) is 4. The van der Waals surface area contributed by atoms with Gasteiger partial charge in [0.2, 0.25) is 0 Å². The number of carbonyl (C=O) groups excluding carboxylic acids is 4. The van der Waals surface area contributed by atoms with Crippen molar-refractivity contribution in [2.75, 3.05) is 26.4 Å². The van der Waals surface area contributed by atoms with Crippen LogP contribution in [0, 0.1) is 0 Å². The molecule has 0 bridgehead atoms. The lowest BCUT2D eigenvalue weighted by atomic mass is 9.86. The molecule has 8 nitrogen and oxygen atoms in total. The highest BCUT2D eigenvalue weighted by atomic mass is 16.5. The standard InChI is InChI=1S/C26H26O8/c1-5-31-23(27)19-17-14-13-15-11-9-10-12-16(15)18(17)20(24(28)32-6-2)22(26(30)34-8-4)21(19)25(29)33-7-3/h9-14H,5-8H2,1-4H3. The van der Waals surface area contributed by atoms with E-state index < -0.39 is 23.9 Å². The van der Waals surface area contributed by atoms with Crippen molar-refractivity contribution in [1.82, 2.24) is 0 Å². The summed E-state index contributed by atoms with van der Waals surface area (Å²) < 4.78 is 20.9. The van der Waals surface area contributed by atoms with Gasteiger partial charge in [0.25, 0.3) is 0 Å². The Morgan fingerprint density at radius 1 is 0.529 bits per heavy atom. The second-order valence-electron chi connectivity index (χ2n) is 7.09. The third-order valence-electron chi connectivity index (χ3n) is 5.12. The largest absolute Gasteiger partial charge is 0.462 e. The minimum atomic E-state index is -0.950. The molecule has 0 atom stereocenters. The highest BCUT2D eigenvalue weighted by molar-refractivity contribution is 6.28. The van der Waals surface area contributed by atoms with Gasteiger partial charge in [-0.15, -0.1) is 0 Å². The van der Waals surface area contributed by atoms with Crippen LogP contribution in [-0.2, 0) is 18.9 Å². The summed E-state index contributed by atoms with van der Waals surface area (Å²) in [7, 11) is 0. The zero-order valence-corrected chi connectivity index (χ0v) is 19.6. The predicted molar refractivity (Wildman–Crippen MR) is 125 cm³/mol. The molecule has 3 aromatic carbocycles. The summed E-state index contributed by atoms with van der Waals surface area (Å²) in [5.74, 6) is -3.55. The van der Waals surface area contributed by atoms with Crippen molar-refractivity contribution >= 4 is 45.4 Å². The first-order valence-corrected chi connectivity index (χ1v) is 11.1. The van der Waals surface area contributed by atoms with E-state index in [1.54, 1.807) is 52.0 Å². The van der Waals surface area contributed by atoms with Crippen LogP contribution in [-0.4, -0.2) is 50.3 Å². The van der Waals surface area contributed by atoms with Crippen molar-refractivity contribution < 1.29 is 38.1 Å². The maximum atomic E-state index is 13.3. The lowest BCUT2D eigenvalue weighted by Crippen LogP contribution is -2.24. The molecule has 0 N–H and O–H groups in total. The number of benzene rings is 3. The summed E-state index contributed by atoms with van der Waals surface area (Å²) in [5, 5.41) is 1.90. The summed E-state index contributed by atoms with van der Waals surface area (Å²) in [6, 6.07) is 10.6. The molecule has 178 valence electrons. The fraction of sp³-hybridized carbons (Fsp3) is 0.308. The fourth-order valence-corrected chi connectivity index (χ4v) is 3.90. The molecule has 0 amide bonds. The lowest BCUT2D eigenvalue weighted by Gasteiger charge is -2.20. The molecule has 0 aromatic heterocycles. The normalized spacial score (nSPS) is 10.7. The van der Waals surface area contributed by atoms with Crippen molar-refractivity contribution in [1.29, 1.82) is 0 Å². The lowest BCUT2D eigenvalue weighted by molar-refractivity contribution is 0.0446. The highest BCUT2D eigenvalue weighted by Crippen LogP contribution is 2.37. The summed E-state index contributed by atoms with van der Waals surface area (Å²) in [4.78, 5) is 52.8. The minimum absolute atomic E-state index is 0.0200. The molecular formula is C26H26O8. The van der Waals surface area contributed by atoms with E-state index in [1.807, 2.05) is 12.1 Å². The van der Waals surface area contributed by atoms with E-state index in [-0.39, 0.29) is 59.5 Å². The van der Waals surface area contributed by atoms with Gasteiger partial charge in [0.15, 0.2) is 0 Å². The minimum Gasteiger partial charge on any atom is -0.462 e. The molecule has 0 aliphatic carbocycles. The van der Waals surface area contributed by atoms with Gasteiger partial charge in [-0.2, -0.15) is 0 Å². The van der Waals surface area contributed by atoms with Crippen LogP contribution in [0.4, 0.5) is 0 Å². The molecule has 0 aliphatic heterocycles. The molecule has 0 unspecified atom stereocenters. The summed E-state index contributed by atoms with van der Waals surface area (Å²) in [5.41, 5.74) is -1.10. The summed E-state index contributed by atoms with van der Waals surface area (Å²) in [6.07, 6.45) is 0. The van der Waals surface area contributed by atoms with Gasteiger partial charge in [0, 0.05) is 5.39 Å². The molecule has 0 spiro atoms. The Labute approximate surface area is 196 Å². The van der Waals surface area contributed by atoms with Crippen molar-refractivity contribution in [3.63, 3.8) is 0 Å². The fourth-order valence-electron chi connectivity index (χ4n) is 3.90. The first-order chi connectivity index (χ1) is 16.4. The van der Waals surface area contributed by atoms with Crippen LogP contribution in [0.25, 0.3) is 21.5 Å². The van der Waals surface area contributed by atoms with Crippen molar-refractivity contribution in [2.45, 2.75) is 27.7 Å². The average molecular weight is 466 g/mol. The Bertz CT molecular complexity index is 1280. The Morgan fingerprint density at radius 3 is 1.50 bits per heavy atom. The molecule has 0 saturated heterocycles. The van der Waals surface area contributed by atoms with Crippen LogP contribution < -0.4 is 0 Å². The second-order valence-corrected chi connectivity index (χ2v) is 7.09. The van der Waals surface area contributed by atoms with Crippen LogP contribution in [0.3, 0.4) is 0 Å². The Balaban J connectivity index is 2.67. The zero-order chi connectivity index (χ0) is 24.8. The Kier molecular flexibility index (Phi) is 7.83. The molecule has 0 saturated carbocycles. The highest BCUT2D eigenvalue weighted by Gasteiger charge is 2.36. The third kappa shape index (κ3) is 4.44. The average Bonchev–Trinajstić information content (AvgIpc) is 2.82. The van der Waals surface area contributed by atoms with Crippen molar-refractivity contribution in [3.8, 4) is 0 Å². The first kappa shape index (κ1) is 24.7. The Hall–Kier alpha value is -3.94. The van der Waals surface area contributed by atoms with Crippen LogP contribution in [0.15, 0.2) is 36.4 Å². The number of hydrogen-bond acceptors (Lipinski definition) is 8. The van der Waals surface area contributed by atoms with Gasteiger partial charge < -0.3 is 18.9 Å². The van der Waals surface area contributed by atoms with Crippen LogP contribution in [0.5, 0.6) is 0 Å².